The predicted octanol–water partition coefficient (Wildman–Crippen LogP) is 5.72. The van der Waals surface area contributed by atoms with Crippen LogP contribution in [0.3, 0.4) is 0 Å². The predicted molar refractivity (Wildman–Crippen MR) is 141 cm³/mol. The molecule has 1 N–H and O–H groups in total. The second-order valence-electron chi connectivity index (χ2n) is 10.3. The Morgan fingerprint density at radius 2 is 1.84 bits per heavy atom. The van der Waals surface area contributed by atoms with Crippen molar-refractivity contribution in [3.05, 3.63) is 70.8 Å². The highest BCUT2D eigenvalue weighted by Gasteiger charge is 2.40. The maximum absolute atomic E-state index is 11.3. The maximum Gasteiger partial charge on any atom is 0.309 e. The molecule has 1 aliphatic carbocycles. The van der Waals surface area contributed by atoms with Crippen LogP contribution in [0.1, 0.15) is 34.7 Å². The van der Waals surface area contributed by atoms with Gasteiger partial charge in [-0.2, -0.15) is 5.26 Å². The van der Waals surface area contributed by atoms with E-state index in [2.05, 4.69) is 30.0 Å². The topological polar surface area (TPSA) is 95.9 Å². The van der Waals surface area contributed by atoms with E-state index in [1.165, 1.54) is 0 Å². The van der Waals surface area contributed by atoms with Gasteiger partial charge in [-0.05, 0) is 71.8 Å². The standard InChI is InChI=1S/C31H26N2O5/c1-17-21(18-5-8-27-29(12-18)37-10-9-36-27)3-2-4-22(17)28-13-19-11-24-23(25(14-32)30(19)38-28)6-7-26(24)33-15-20(16-33)31(34)35/h2-5,8,11-13,20,26H,6-7,9-10,15-16H2,1H3,(H,34,35)/t26-/m0/s1. The first-order valence-electron chi connectivity index (χ1n) is 13.0. The number of benzene rings is 3. The molecule has 7 heteroatoms. The van der Waals surface area contributed by atoms with Gasteiger partial charge in [-0.25, -0.2) is 0 Å². The highest BCUT2D eigenvalue weighted by atomic mass is 16.6. The van der Waals surface area contributed by atoms with Crippen molar-refractivity contribution >= 4 is 16.9 Å². The summed E-state index contributed by atoms with van der Waals surface area (Å²) in [6.07, 6.45) is 1.69. The average molecular weight is 507 g/mol. The molecule has 0 spiro atoms. The summed E-state index contributed by atoms with van der Waals surface area (Å²) in [5, 5.41) is 20.3. The van der Waals surface area contributed by atoms with E-state index in [1.54, 1.807) is 0 Å². The lowest BCUT2D eigenvalue weighted by Gasteiger charge is -2.41. The van der Waals surface area contributed by atoms with Crippen LogP contribution in [-0.4, -0.2) is 42.3 Å². The first-order valence-corrected chi connectivity index (χ1v) is 13.0. The molecule has 3 heterocycles. The zero-order valence-corrected chi connectivity index (χ0v) is 21.0. The summed E-state index contributed by atoms with van der Waals surface area (Å²) in [5.74, 6) is 1.20. The molecule has 1 fully saturated rings. The molecule has 3 aromatic carbocycles. The van der Waals surface area contributed by atoms with Crippen molar-refractivity contribution < 1.29 is 23.8 Å². The van der Waals surface area contributed by atoms with E-state index in [0.717, 1.165) is 68.9 Å². The molecule has 7 nitrogen and oxygen atoms in total. The second kappa shape index (κ2) is 8.64. The fourth-order valence-electron chi connectivity index (χ4n) is 6.23. The van der Waals surface area contributed by atoms with Crippen molar-refractivity contribution in [2.75, 3.05) is 26.3 Å². The maximum atomic E-state index is 11.3. The highest BCUT2D eigenvalue weighted by molar-refractivity contribution is 5.91. The number of nitriles is 1. The molecule has 3 aliphatic rings. The summed E-state index contributed by atoms with van der Waals surface area (Å²) < 4.78 is 17.9. The van der Waals surface area contributed by atoms with Gasteiger partial charge in [0, 0.05) is 30.1 Å². The number of rotatable bonds is 4. The lowest BCUT2D eigenvalue weighted by atomic mass is 9.93. The van der Waals surface area contributed by atoms with Crippen molar-refractivity contribution in [3.8, 4) is 40.0 Å². The van der Waals surface area contributed by atoms with Gasteiger partial charge in [0.1, 0.15) is 25.0 Å². The third-order valence-electron chi connectivity index (χ3n) is 8.24. The molecule has 1 aromatic heterocycles. The van der Waals surface area contributed by atoms with Crippen LogP contribution in [0.5, 0.6) is 11.5 Å². The minimum absolute atomic E-state index is 0.149. The van der Waals surface area contributed by atoms with Crippen molar-refractivity contribution in [1.29, 1.82) is 5.26 Å². The number of hydrogen-bond acceptors (Lipinski definition) is 6. The van der Waals surface area contributed by atoms with Crippen LogP contribution >= 0.6 is 0 Å². The van der Waals surface area contributed by atoms with Gasteiger partial charge in [-0.3, -0.25) is 9.69 Å². The largest absolute Gasteiger partial charge is 0.486 e. The molecule has 2 aliphatic heterocycles. The molecule has 7 rings (SSSR count). The lowest BCUT2D eigenvalue weighted by molar-refractivity contribution is -0.148. The average Bonchev–Trinajstić information content (AvgIpc) is 3.50. The zero-order chi connectivity index (χ0) is 26.0. The number of fused-ring (bicyclic) bond motifs is 3. The monoisotopic (exact) mass is 506 g/mol. The molecule has 1 atom stereocenters. The van der Waals surface area contributed by atoms with Crippen LogP contribution in [0, 0.1) is 24.2 Å². The van der Waals surface area contributed by atoms with Crippen LogP contribution in [0.4, 0.5) is 0 Å². The van der Waals surface area contributed by atoms with Gasteiger partial charge < -0.3 is 19.0 Å². The van der Waals surface area contributed by atoms with E-state index in [-0.39, 0.29) is 12.0 Å². The summed E-state index contributed by atoms with van der Waals surface area (Å²) in [4.78, 5) is 13.5. The van der Waals surface area contributed by atoms with Crippen LogP contribution in [-0.2, 0) is 11.2 Å². The summed E-state index contributed by atoms with van der Waals surface area (Å²) in [7, 11) is 0. The smallest absolute Gasteiger partial charge is 0.309 e. The number of likely N-dealkylation sites (tertiary alicyclic amines) is 1. The number of carboxylic acid groups (broad SMARTS) is 1. The van der Waals surface area contributed by atoms with E-state index < -0.39 is 5.97 Å². The molecule has 190 valence electrons. The first kappa shape index (κ1) is 22.9. The molecule has 0 bridgehead atoms. The Balaban J connectivity index is 1.27. The fraction of sp³-hybridized carbons (Fsp3) is 0.290. The number of nitrogens with zero attached hydrogens (tertiary/aromatic N) is 2. The van der Waals surface area contributed by atoms with Gasteiger partial charge in [0.25, 0.3) is 0 Å². The van der Waals surface area contributed by atoms with E-state index in [4.69, 9.17) is 13.9 Å². The van der Waals surface area contributed by atoms with E-state index >= 15 is 0 Å². The van der Waals surface area contributed by atoms with E-state index in [0.29, 0.717) is 37.4 Å². The SMILES string of the molecule is Cc1c(-c2ccc3c(c2)OCCO3)cccc1-c1cc2cc3c(c(C#N)c2o1)CC[C@@H]3N1CC(C(=O)O)C1. The fourth-order valence-corrected chi connectivity index (χ4v) is 6.23. The zero-order valence-electron chi connectivity index (χ0n) is 21.0. The Labute approximate surface area is 219 Å². The van der Waals surface area contributed by atoms with Gasteiger partial charge >= 0.3 is 5.97 Å². The second-order valence-corrected chi connectivity index (χ2v) is 10.3. The van der Waals surface area contributed by atoms with Crippen molar-refractivity contribution in [2.45, 2.75) is 25.8 Å². The molecular weight excluding hydrogens is 480 g/mol. The van der Waals surface area contributed by atoms with Crippen LogP contribution in [0.25, 0.3) is 33.4 Å². The number of carboxylic acids is 1. The highest BCUT2D eigenvalue weighted by Crippen LogP contribution is 2.45. The van der Waals surface area contributed by atoms with Gasteiger partial charge in [-0.15, -0.1) is 0 Å². The minimum atomic E-state index is -0.735. The number of furan rings is 1. The van der Waals surface area contributed by atoms with Gasteiger partial charge in [-0.1, -0.05) is 24.3 Å². The van der Waals surface area contributed by atoms with Crippen LogP contribution in [0.15, 0.2) is 52.9 Å². The third-order valence-corrected chi connectivity index (χ3v) is 8.24. The van der Waals surface area contributed by atoms with E-state index in [1.807, 2.05) is 36.4 Å². The molecule has 0 radical (unpaired) electrons. The minimum Gasteiger partial charge on any atom is -0.486 e. The number of hydrogen-bond donors (Lipinski definition) is 1. The van der Waals surface area contributed by atoms with E-state index in [9.17, 15) is 15.2 Å². The molecule has 0 saturated carbocycles. The van der Waals surface area contributed by atoms with Gasteiger partial charge in [0.05, 0.1) is 11.5 Å². The summed E-state index contributed by atoms with van der Waals surface area (Å²) in [5.41, 5.74) is 7.56. The number of aliphatic carboxylic acids is 1. The Morgan fingerprint density at radius 1 is 1.05 bits per heavy atom. The number of carbonyl (C=O) groups is 1. The molecular formula is C31H26N2O5. The summed E-state index contributed by atoms with van der Waals surface area (Å²) in [6.45, 7) is 4.30. The normalized spacial score (nSPS) is 18.7. The van der Waals surface area contributed by atoms with Gasteiger partial charge in [0.15, 0.2) is 17.1 Å². The number of ether oxygens (including phenoxy) is 2. The first-order chi connectivity index (χ1) is 18.5. The Kier molecular flexibility index (Phi) is 5.20. The molecule has 4 aromatic rings. The molecule has 0 amide bonds. The third kappa shape index (κ3) is 3.48. The summed E-state index contributed by atoms with van der Waals surface area (Å²) in [6, 6.07) is 18.9. The van der Waals surface area contributed by atoms with Crippen LogP contribution < -0.4 is 9.47 Å². The Bertz CT molecular complexity index is 1660. The quantitative estimate of drug-likeness (QED) is 0.378. The molecule has 38 heavy (non-hydrogen) atoms. The summed E-state index contributed by atoms with van der Waals surface area (Å²) >= 11 is 0. The van der Waals surface area contributed by atoms with Gasteiger partial charge in [0.2, 0.25) is 0 Å². The lowest BCUT2D eigenvalue weighted by Crippen LogP contribution is -2.51. The molecule has 0 unspecified atom stereocenters. The van der Waals surface area contributed by atoms with Crippen molar-refractivity contribution in [2.24, 2.45) is 5.92 Å². The Hall–Kier alpha value is -4.28. The van der Waals surface area contributed by atoms with Crippen molar-refractivity contribution in [1.82, 2.24) is 4.90 Å². The van der Waals surface area contributed by atoms with Crippen molar-refractivity contribution in [3.63, 3.8) is 0 Å². The Morgan fingerprint density at radius 3 is 2.63 bits per heavy atom. The van der Waals surface area contributed by atoms with Crippen LogP contribution in [0.2, 0.25) is 0 Å². The molecule has 1 saturated heterocycles.